The van der Waals surface area contributed by atoms with E-state index in [0.29, 0.717) is 0 Å². The van der Waals surface area contributed by atoms with Gasteiger partial charge in [-0.1, -0.05) is 101 Å². The summed E-state index contributed by atoms with van der Waals surface area (Å²) in [6, 6.07) is 21.5. The maximum atomic E-state index is 6.58. The number of nitrogens with two attached hydrogens (primary N) is 1. The summed E-state index contributed by atoms with van der Waals surface area (Å²) in [4.78, 5) is 0. The molecule has 0 bridgehead atoms. The summed E-state index contributed by atoms with van der Waals surface area (Å²) in [5, 5.41) is 2.34. The second kappa shape index (κ2) is 7.31. The van der Waals surface area contributed by atoms with Crippen molar-refractivity contribution >= 4 is 16.5 Å². The van der Waals surface area contributed by atoms with Gasteiger partial charge in [0.05, 0.1) is 0 Å². The van der Waals surface area contributed by atoms with Crippen LogP contribution in [0.5, 0.6) is 0 Å². The number of anilines is 1. The summed E-state index contributed by atoms with van der Waals surface area (Å²) >= 11 is 0. The van der Waals surface area contributed by atoms with Gasteiger partial charge in [-0.3, -0.25) is 0 Å². The van der Waals surface area contributed by atoms with Gasteiger partial charge < -0.3 is 5.73 Å². The fourth-order valence-corrected chi connectivity index (χ4v) is 3.79. The van der Waals surface area contributed by atoms with Crippen molar-refractivity contribution in [3.05, 3.63) is 66.2 Å². The number of rotatable bonds is 6. The summed E-state index contributed by atoms with van der Waals surface area (Å²) in [5.74, 6) is 0. The standard InChI is InChI=1S/C24H29N/c1-4-5-10-17-24(2,3)22-14-9-8-13-20(22)21-16-15-18-11-6-7-12-19(18)23(21)25/h6-9,11-16H,4-5,10,17,25H2,1-3H3. The number of benzene rings is 3. The van der Waals surface area contributed by atoms with Crippen LogP contribution in [0.2, 0.25) is 0 Å². The molecule has 3 aromatic carbocycles. The van der Waals surface area contributed by atoms with Crippen molar-refractivity contribution in [2.24, 2.45) is 0 Å². The summed E-state index contributed by atoms with van der Waals surface area (Å²) in [6.45, 7) is 6.98. The van der Waals surface area contributed by atoms with Gasteiger partial charge in [-0.2, -0.15) is 0 Å². The summed E-state index contributed by atoms with van der Waals surface area (Å²) in [7, 11) is 0. The van der Waals surface area contributed by atoms with Gasteiger partial charge in [-0.15, -0.1) is 0 Å². The Morgan fingerprint density at radius 1 is 0.800 bits per heavy atom. The molecular weight excluding hydrogens is 302 g/mol. The topological polar surface area (TPSA) is 26.0 Å². The molecule has 0 atom stereocenters. The van der Waals surface area contributed by atoms with Gasteiger partial charge in [0.15, 0.2) is 0 Å². The third-order valence-electron chi connectivity index (χ3n) is 5.32. The van der Waals surface area contributed by atoms with Crippen LogP contribution in [-0.4, -0.2) is 0 Å². The molecule has 2 N–H and O–H groups in total. The monoisotopic (exact) mass is 331 g/mol. The summed E-state index contributed by atoms with van der Waals surface area (Å²) < 4.78 is 0. The zero-order chi connectivity index (χ0) is 17.9. The quantitative estimate of drug-likeness (QED) is 0.384. The smallest absolute Gasteiger partial charge is 0.0473 e. The summed E-state index contributed by atoms with van der Waals surface area (Å²) in [6.07, 6.45) is 5.02. The second-order valence-electron chi connectivity index (χ2n) is 7.63. The summed E-state index contributed by atoms with van der Waals surface area (Å²) in [5.41, 5.74) is 11.4. The van der Waals surface area contributed by atoms with Gasteiger partial charge in [0.25, 0.3) is 0 Å². The molecule has 0 unspecified atom stereocenters. The molecule has 0 saturated carbocycles. The molecule has 1 nitrogen and oxygen atoms in total. The van der Waals surface area contributed by atoms with Crippen LogP contribution in [0.15, 0.2) is 60.7 Å². The highest BCUT2D eigenvalue weighted by Gasteiger charge is 2.24. The molecule has 1 heteroatoms. The minimum Gasteiger partial charge on any atom is -0.398 e. The third kappa shape index (κ3) is 3.56. The fourth-order valence-electron chi connectivity index (χ4n) is 3.79. The maximum absolute atomic E-state index is 6.58. The molecule has 0 fully saturated rings. The van der Waals surface area contributed by atoms with Gasteiger partial charge in [0.1, 0.15) is 0 Å². The van der Waals surface area contributed by atoms with E-state index < -0.39 is 0 Å². The predicted molar refractivity (Wildman–Crippen MR) is 111 cm³/mol. The Morgan fingerprint density at radius 2 is 1.52 bits per heavy atom. The predicted octanol–water partition coefficient (Wildman–Crippen LogP) is 6.95. The van der Waals surface area contributed by atoms with Gasteiger partial charge in [-0.25, -0.2) is 0 Å². The molecule has 0 aromatic heterocycles. The minimum atomic E-state index is 0.143. The van der Waals surface area contributed by atoms with Crippen LogP contribution in [-0.2, 0) is 5.41 Å². The van der Waals surface area contributed by atoms with E-state index in [1.54, 1.807) is 0 Å². The molecule has 3 rings (SSSR count). The van der Waals surface area contributed by atoms with Gasteiger partial charge in [0.2, 0.25) is 0 Å². The van der Waals surface area contributed by atoms with E-state index in [0.717, 1.165) is 16.6 Å². The van der Waals surface area contributed by atoms with Gasteiger partial charge in [-0.05, 0) is 28.3 Å². The first-order valence-corrected chi connectivity index (χ1v) is 9.41. The van der Waals surface area contributed by atoms with Crippen molar-refractivity contribution in [1.82, 2.24) is 0 Å². The second-order valence-corrected chi connectivity index (χ2v) is 7.63. The first-order valence-electron chi connectivity index (χ1n) is 9.41. The van der Waals surface area contributed by atoms with Crippen molar-refractivity contribution < 1.29 is 0 Å². The maximum Gasteiger partial charge on any atom is 0.0473 e. The lowest BCUT2D eigenvalue weighted by molar-refractivity contribution is 0.451. The van der Waals surface area contributed by atoms with E-state index in [2.05, 4.69) is 81.4 Å². The lowest BCUT2D eigenvalue weighted by Crippen LogP contribution is -2.18. The zero-order valence-corrected chi connectivity index (χ0v) is 15.7. The zero-order valence-electron chi connectivity index (χ0n) is 15.7. The van der Waals surface area contributed by atoms with Crippen LogP contribution in [0.4, 0.5) is 5.69 Å². The molecule has 130 valence electrons. The molecule has 0 saturated heterocycles. The number of hydrogen-bond donors (Lipinski definition) is 1. The van der Waals surface area contributed by atoms with E-state index >= 15 is 0 Å². The SMILES string of the molecule is CCCCCC(C)(C)c1ccccc1-c1ccc2ccccc2c1N. The Balaban J connectivity index is 2.08. The van der Waals surface area contributed by atoms with Crippen LogP contribution in [0.25, 0.3) is 21.9 Å². The fraction of sp³-hybridized carbons (Fsp3) is 0.333. The van der Waals surface area contributed by atoms with Crippen molar-refractivity contribution in [2.75, 3.05) is 5.73 Å². The van der Waals surface area contributed by atoms with Crippen LogP contribution in [0, 0.1) is 0 Å². The Morgan fingerprint density at radius 3 is 2.32 bits per heavy atom. The molecule has 3 aromatic rings. The van der Waals surface area contributed by atoms with Crippen molar-refractivity contribution in [2.45, 2.75) is 51.9 Å². The highest BCUT2D eigenvalue weighted by atomic mass is 14.6. The van der Waals surface area contributed by atoms with Gasteiger partial charge >= 0.3 is 0 Å². The molecule has 0 aliphatic carbocycles. The number of nitrogen functional groups attached to an aromatic ring is 1. The van der Waals surface area contributed by atoms with E-state index in [9.17, 15) is 0 Å². The van der Waals surface area contributed by atoms with Gasteiger partial charge in [0, 0.05) is 16.6 Å². The van der Waals surface area contributed by atoms with Crippen molar-refractivity contribution in [3.8, 4) is 11.1 Å². The number of hydrogen-bond acceptors (Lipinski definition) is 1. The minimum absolute atomic E-state index is 0.143. The first-order chi connectivity index (χ1) is 12.0. The largest absolute Gasteiger partial charge is 0.398 e. The Bertz CT molecular complexity index is 861. The molecule has 0 radical (unpaired) electrons. The number of unbranched alkanes of at least 4 members (excludes halogenated alkanes) is 2. The van der Waals surface area contributed by atoms with Crippen molar-refractivity contribution in [3.63, 3.8) is 0 Å². The third-order valence-corrected chi connectivity index (χ3v) is 5.32. The molecule has 0 aliphatic rings. The van der Waals surface area contributed by atoms with Crippen molar-refractivity contribution in [1.29, 1.82) is 0 Å². The van der Waals surface area contributed by atoms with E-state index in [-0.39, 0.29) is 5.41 Å². The molecule has 0 heterocycles. The van der Waals surface area contributed by atoms with E-state index in [1.807, 2.05) is 0 Å². The average molecular weight is 332 g/mol. The van der Waals surface area contributed by atoms with E-state index in [4.69, 9.17) is 5.73 Å². The van der Waals surface area contributed by atoms with Crippen LogP contribution < -0.4 is 5.73 Å². The lowest BCUT2D eigenvalue weighted by Gasteiger charge is -2.28. The lowest BCUT2D eigenvalue weighted by atomic mass is 9.76. The highest BCUT2D eigenvalue weighted by molar-refractivity contribution is 6.00. The average Bonchev–Trinajstić information content (AvgIpc) is 2.62. The van der Waals surface area contributed by atoms with Crippen LogP contribution in [0.1, 0.15) is 52.0 Å². The highest BCUT2D eigenvalue weighted by Crippen LogP contribution is 2.40. The van der Waals surface area contributed by atoms with Crippen LogP contribution in [0.3, 0.4) is 0 Å². The Hall–Kier alpha value is -2.28. The molecule has 0 amide bonds. The normalized spacial score (nSPS) is 11.8. The number of fused-ring (bicyclic) bond motifs is 1. The first kappa shape index (κ1) is 17.5. The molecule has 0 aliphatic heterocycles. The molecule has 0 spiro atoms. The Labute approximate surface area is 151 Å². The molecule has 25 heavy (non-hydrogen) atoms. The molecular formula is C24H29N. The Kier molecular flexibility index (Phi) is 5.13. The van der Waals surface area contributed by atoms with Crippen LogP contribution >= 0.6 is 0 Å². The van der Waals surface area contributed by atoms with E-state index in [1.165, 1.54) is 42.2 Å².